The third-order valence-electron chi connectivity index (χ3n) is 14.6. The van der Waals surface area contributed by atoms with Crippen LogP contribution in [0.25, 0.3) is 0 Å². The predicted octanol–water partition coefficient (Wildman–Crippen LogP) is 5.32. The zero-order valence-corrected chi connectivity index (χ0v) is 44.4. The highest BCUT2D eigenvalue weighted by molar-refractivity contribution is 14.1. The van der Waals surface area contributed by atoms with Crippen LogP contribution in [0.5, 0.6) is 0 Å². The van der Waals surface area contributed by atoms with Gasteiger partial charge in [0, 0.05) is 79.4 Å². The van der Waals surface area contributed by atoms with Crippen LogP contribution in [0.2, 0.25) is 0 Å². The van der Waals surface area contributed by atoms with E-state index in [1.807, 2.05) is 53.5 Å². The fourth-order valence-corrected chi connectivity index (χ4v) is 10.9. The van der Waals surface area contributed by atoms with Crippen LogP contribution in [0.1, 0.15) is 120 Å². The lowest BCUT2D eigenvalue weighted by Gasteiger charge is -2.47. The second-order valence-electron chi connectivity index (χ2n) is 20.9. The molecule has 0 spiro atoms. The number of ether oxygens (including phenoxy) is 6. The van der Waals surface area contributed by atoms with Crippen molar-refractivity contribution in [3.63, 3.8) is 0 Å². The number of cyclic esters (lactones) is 1. The summed E-state index contributed by atoms with van der Waals surface area (Å²) in [5.74, 6) is -2.25. The van der Waals surface area contributed by atoms with Gasteiger partial charge in [0.1, 0.15) is 17.8 Å². The van der Waals surface area contributed by atoms with Crippen molar-refractivity contribution in [3.8, 4) is 0 Å². The monoisotopic (exact) mass is 1050 g/mol. The maximum absolute atomic E-state index is 14.4. The first-order valence-corrected chi connectivity index (χ1v) is 25.4. The van der Waals surface area contributed by atoms with Crippen molar-refractivity contribution in [2.45, 2.75) is 205 Å². The number of aliphatic hydroxyl groups is 4. The van der Waals surface area contributed by atoms with Crippen LogP contribution < -0.4 is 11.1 Å². The fourth-order valence-electron chi connectivity index (χ4n) is 10.5. The van der Waals surface area contributed by atoms with Gasteiger partial charge in [-0.15, -0.1) is 0 Å². The van der Waals surface area contributed by atoms with Crippen LogP contribution in [0.3, 0.4) is 0 Å². The Morgan fingerprint density at radius 2 is 1.67 bits per heavy atom. The van der Waals surface area contributed by atoms with Crippen molar-refractivity contribution in [2.24, 2.45) is 23.5 Å². The van der Waals surface area contributed by atoms with Crippen LogP contribution in [0, 0.1) is 21.3 Å². The Kier molecular flexibility index (Phi) is 21.5. The summed E-state index contributed by atoms with van der Waals surface area (Å²) in [4.78, 5) is 18.7. The van der Waals surface area contributed by atoms with Crippen molar-refractivity contribution < 1.29 is 53.6 Å². The van der Waals surface area contributed by atoms with Gasteiger partial charge >= 0.3 is 5.97 Å². The number of carbonyl (C=O) groups excluding carboxylic acids is 1. The van der Waals surface area contributed by atoms with Gasteiger partial charge in [0.05, 0.1) is 54.2 Å². The van der Waals surface area contributed by atoms with E-state index in [-0.39, 0.29) is 43.2 Å². The van der Waals surface area contributed by atoms with E-state index in [0.29, 0.717) is 57.3 Å². The largest absolute Gasteiger partial charge is 0.459 e. The molecule has 1 aromatic carbocycles. The van der Waals surface area contributed by atoms with Gasteiger partial charge in [-0.3, -0.25) is 4.79 Å². The number of esters is 1. The number of nitrogens with one attached hydrogen (secondary N) is 1. The van der Waals surface area contributed by atoms with Gasteiger partial charge in [0.15, 0.2) is 12.6 Å². The van der Waals surface area contributed by atoms with Crippen molar-refractivity contribution >= 4 is 28.6 Å². The molecule has 3 fully saturated rings. The Morgan fingerprint density at radius 3 is 2.29 bits per heavy atom. The number of halogens is 1. The summed E-state index contributed by atoms with van der Waals surface area (Å²) < 4.78 is 40.1. The number of nitrogens with two attached hydrogens (primary N) is 1. The topological polar surface area (TPSA) is 198 Å². The lowest BCUT2D eigenvalue weighted by atomic mass is 9.77. The molecule has 3 saturated heterocycles. The molecule has 380 valence electrons. The van der Waals surface area contributed by atoms with E-state index in [1.54, 1.807) is 27.2 Å². The van der Waals surface area contributed by atoms with Crippen LogP contribution in [0.4, 0.5) is 0 Å². The lowest BCUT2D eigenvalue weighted by Crippen LogP contribution is -2.59. The van der Waals surface area contributed by atoms with E-state index in [9.17, 15) is 25.2 Å². The molecule has 3 heterocycles. The SMILES string of the molecule is CC[C@H]1OC(=O)[C@H](C)[C@@H](O[C@H]2C[C@@](C)(OC)C[C@H](C)O2)[C@H](C)[C@@H](O[C@H]2C[C@@H](N(C)CC/C(N)=C/N[C@H](CO)Cc3ccc(I)cc3)C[C@@H](C)O2)[C@](C)(O)C[C@@H](C)CN(C)[C@H](C)[C@@H](O)[C@]1(C)O. The maximum atomic E-state index is 14.4. The number of aliphatic hydroxyl groups excluding tert-OH is 2. The Balaban J connectivity index is 1.62. The molecule has 1 aromatic rings. The molecule has 3 aliphatic rings. The molecule has 16 heteroatoms. The molecule has 3 aliphatic heterocycles. The maximum Gasteiger partial charge on any atom is 0.311 e. The number of likely N-dealkylation sites (N-methyl/N-ethyl adjacent to an activating group) is 1. The van der Waals surface area contributed by atoms with E-state index in [1.165, 1.54) is 6.92 Å². The normalized spacial score (nSPS) is 40.0. The fraction of sp³-hybridized carbons (Fsp3) is 0.820. The van der Waals surface area contributed by atoms with Crippen molar-refractivity contribution in [2.75, 3.05) is 40.9 Å². The highest BCUT2D eigenvalue weighted by Gasteiger charge is 2.51. The van der Waals surface area contributed by atoms with Gasteiger partial charge in [-0.25, -0.2) is 0 Å². The summed E-state index contributed by atoms with van der Waals surface area (Å²) in [7, 11) is 5.63. The van der Waals surface area contributed by atoms with Crippen LogP contribution in [-0.2, 0) is 39.6 Å². The molecule has 15 nitrogen and oxygen atoms in total. The number of nitrogens with zero attached hydrogens (tertiary/aromatic N) is 2. The Labute approximate surface area is 409 Å². The number of benzene rings is 1. The Morgan fingerprint density at radius 1 is 1.02 bits per heavy atom. The molecule has 4 rings (SSSR count). The molecule has 0 unspecified atom stereocenters. The highest BCUT2D eigenvalue weighted by atomic mass is 127. The number of carbonyl (C=O) groups is 1. The first-order valence-electron chi connectivity index (χ1n) is 24.3. The smallest absolute Gasteiger partial charge is 0.311 e. The number of hydrogen-bond donors (Lipinski definition) is 6. The minimum absolute atomic E-state index is 0.0258. The van der Waals surface area contributed by atoms with E-state index < -0.39 is 77.6 Å². The van der Waals surface area contributed by atoms with E-state index >= 15 is 0 Å². The summed E-state index contributed by atoms with van der Waals surface area (Å²) >= 11 is 2.28. The van der Waals surface area contributed by atoms with Crippen LogP contribution in [0.15, 0.2) is 36.2 Å². The molecule has 0 aliphatic carbocycles. The first-order chi connectivity index (χ1) is 30.8. The predicted molar refractivity (Wildman–Crippen MR) is 264 cm³/mol. The summed E-state index contributed by atoms with van der Waals surface area (Å²) in [5, 5.41) is 49.6. The third kappa shape index (κ3) is 15.7. The molecule has 7 N–H and O–H groups in total. The lowest BCUT2D eigenvalue weighted by molar-refractivity contribution is -0.292. The molecule has 0 bridgehead atoms. The summed E-state index contributed by atoms with van der Waals surface area (Å²) in [6.07, 6.45) is 0.0876. The standard InChI is InChI=1S/C50H87IN4O11/c1-14-41-50(10,60)45(57)35(7)55(12)28-30(2)24-49(9,59)46(33(5)44(34(6)47(58)64-41)65-43-26-48(8,61-13)25-32(4)63-43)66-42-23-40(21-31(3)62-42)54(11)20-19-38(52)27-53-39(29-56)22-36-15-17-37(51)18-16-36/h15-18,27,30-35,39-46,53,56-57,59-60H,14,19-26,28-29,52H2,1-13H3/b38-27-/t30-,31-,32+,33+,34-,35-,39+,40+,41-,42+,43+,44+,45-,46-,48+,49-,50-/m1/s1. The molecule has 0 saturated carbocycles. The van der Waals surface area contributed by atoms with Gasteiger partial charge in [-0.2, -0.15) is 0 Å². The van der Waals surface area contributed by atoms with Gasteiger partial charge in [0.25, 0.3) is 0 Å². The van der Waals surface area contributed by atoms with E-state index in [0.717, 1.165) is 15.6 Å². The summed E-state index contributed by atoms with van der Waals surface area (Å²) in [6.45, 7) is 19.8. The minimum atomic E-state index is -1.77. The quantitative estimate of drug-likeness (QED) is 0.0975. The second-order valence-corrected chi connectivity index (χ2v) is 22.2. The third-order valence-corrected chi connectivity index (χ3v) is 15.3. The van der Waals surface area contributed by atoms with E-state index in [2.05, 4.69) is 71.0 Å². The van der Waals surface area contributed by atoms with Crippen LogP contribution >= 0.6 is 22.6 Å². The molecule has 66 heavy (non-hydrogen) atoms. The second kappa shape index (κ2) is 24.9. The summed E-state index contributed by atoms with van der Waals surface area (Å²) in [6, 6.07) is 7.64. The van der Waals surface area contributed by atoms with Crippen LogP contribution in [-0.4, -0.2) is 161 Å². The molecular formula is C50H87IN4O11. The van der Waals surface area contributed by atoms with Gasteiger partial charge in [-0.05, 0) is 134 Å². The van der Waals surface area contributed by atoms with Crippen molar-refractivity contribution in [1.82, 2.24) is 15.1 Å². The Bertz CT molecular complexity index is 1670. The molecule has 0 radical (unpaired) electrons. The minimum Gasteiger partial charge on any atom is -0.459 e. The van der Waals surface area contributed by atoms with Gasteiger partial charge < -0.3 is 69.7 Å². The highest BCUT2D eigenvalue weighted by Crippen LogP contribution is 2.40. The average Bonchev–Trinajstić information content (AvgIpc) is 3.25. The van der Waals surface area contributed by atoms with Crippen molar-refractivity contribution in [1.29, 1.82) is 0 Å². The number of hydrogen-bond acceptors (Lipinski definition) is 15. The van der Waals surface area contributed by atoms with E-state index in [4.69, 9.17) is 34.2 Å². The summed E-state index contributed by atoms with van der Waals surface area (Å²) in [5.41, 5.74) is 4.54. The zero-order valence-electron chi connectivity index (χ0n) is 42.2. The molecule has 17 atom stereocenters. The number of rotatable bonds is 15. The first kappa shape index (κ1) is 56.9. The zero-order chi connectivity index (χ0) is 49.3. The van der Waals surface area contributed by atoms with Crippen molar-refractivity contribution in [3.05, 3.63) is 45.3 Å². The molecular weight excluding hydrogens is 959 g/mol. The Hall–Kier alpha value is -1.68. The van der Waals surface area contributed by atoms with Gasteiger partial charge in [-0.1, -0.05) is 32.9 Å². The van der Waals surface area contributed by atoms with Gasteiger partial charge in [0.2, 0.25) is 0 Å². The molecule has 0 aromatic heterocycles. The molecule has 0 amide bonds. The average molecular weight is 1050 g/mol. The number of methoxy groups -OCH3 is 1.